The van der Waals surface area contributed by atoms with Crippen molar-refractivity contribution in [2.24, 2.45) is 0 Å². The van der Waals surface area contributed by atoms with Crippen LogP contribution in [0.3, 0.4) is 0 Å². The van der Waals surface area contributed by atoms with Crippen LogP contribution in [0.1, 0.15) is 27.7 Å². The number of hydrogen-bond acceptors (Lipinski definition) is 4. The van der Waals surface area contributed by atoms with Crippen molar-refractivity contribution in [3.8, 4) is 11.1 Å². The molecule has 0 N–H and O–H groups in total. The van der Waals surface area contributed by atoms with Crippen LogP contribution in [0, 0.1) is 0 Å². The number of furan rings is 1. The minimum atomic E-state index is -0.389. The van der Waals surface area contributed by atoms with E-state index in [4.69, 9.17) is 13.7 Å². The zero-order valence-corrected chi connectivity index (χ0v) is 12.2. The van der Waals surface area contributed by atoms with Crippen molar-refractivity contribution in [1.82, 2.24) is 4.98 Å². The Balaban J connectivity index is 1.91. The molecule has 0 amide bonds. The summed E-state index contributed by atoms with van der Waals surface area (Å²) in [6.45, 7) is 8.17. The van der Waals surface area contributed by atoms with E-state index < -0.39 is 0 Å². The second-order valence-electron chi connectivity index (χ2n) is 6.11. The van der Waals surface area contributed by atoms with Gasteiger partial charge in [0.25, 0.3) is 0 Å². The molecule has 104 valence electrons. The van der Waals surface area contributed by atoms with Crippen LogP contribution in [0.5, 0.6) is 0 Å². The van der Waals surface area contributed by atoms with E-state index in [9.17, 15) is 0 Å². The molecule has 0 aliphatic carbocycles. The summed E-state index contributed by atoms with van der Waals surface area (Å²) in [6, 6.07) is 3.94. The van der Waals surface area contributed by atoms with Crippen molar-refractivity contribution in [2.75, 3.05) is 0 Å². The molecule has 2 aromatic rings. The maximum atomic E-state index is 6.04. The molecule has 5 heteroatoms. The summed E-state index contributed by atoms with van der Waals surface area (Å²) in [4.78, 5) is 4.28. The standard InChI is InChI=1S/C15H18BNO3/c1-14(2)15(3,4)20-16(19-14)13-7-12(8-17-9-13)11-5-6-18-10-11/h5-10H,1-4H3. The van der Waals surface area contributed by atoms with Crippen molar-refractivity contribution in [3.05, 3.63) is 37.1 Å². The van der Waals surface area contributed by atoms with Crippen LogP contribution < -0.4 is 5.46 Å². The van der Waals surface area contributed by atoms with Crippen molar-refractivity contribution in [1.29, 1.82) is 0 Å². The SMILES string of the molecule is CC1(C)OB(c2cncc(-c3ccoc3)c2)OC1(C)C. The van der Waals surface area contributed by atoms with E-state index in [2.05, 4.69) is 4.98 Å². The van der Waals surface area contributed by atoms with Crippen LogP contribution in [0.15, 0.2) is 41.5 Å². The molecule has 0 radical (unpaired) electrons. The molecular formula is C15H18BNO3. The average molecular weight is 271 g/mol. The maximum absolute atomic E-state index is 6.04. The molecule has 4 nitrogen and oxygen atoms in total. The molecule has 3 rings (SSSR count). The zero-order chi connectivity index (χ0) is 14.4. The highest BCUT2D eigenvalue weighted by atomic mass is 16.7. The average Bonchev–Trinajstić information content (AvgIpc) is 2.97. The van der Waals surface area contributed by atoms with Gasteiger partial charge in [-0.15, -0.1) is 0 Å². The van der Waals surface area contributed by atoms with Crippen molar-refractivity contribution in [3.63, 3.8) is 0 Å². The largest absolute Gasteiger partial charge is 0.496 e. The number of aromatic nitrogens is 1. The third-order valence-electron chi connectivity index (χ3n) is 4.14. The Morgan fingerprint density at radius 2 is 1.70 bits per heavy atom. The monoisotopic (exact) mass is 271 g/mol. The van der Waals surface area contributed by atoms with Crippen LogP contribution in [0.4, 0.5) is 0 Å². The van der Waals surface area contributed by atoms with Crippen LogP contribution in [0.25, 0.3) is 11.1 Å². The summed E-state index contributed by atoms with van der Waals surface area (Å²) in [5, 5.41) is 0. The molecule has 1 aliphatic heterocycles. The molecule has 1 aliphatic rings. The Morgan fingerprint density at radius 3 is 2.30 bits per heavy atom. The first-order valence-electron chi connectivity index (χ1n) is 6.72. The van der Waals surface area contributed by atoms with Gasteiger partial charge in [0.2, 0.25) is 0 Å². The molecule has 0 atom stereocenters. The molecule has 2 aromatic heterocycles. The van der Waals surface area contributed by atoms with Gasteiger partial charge in [-0.05, 0) is 33.8 Å². The molecule has 0 unspecified atom stereocenters. The van der Waals surface area contributed by atoms with E-state index in [1.807, 2.05) is 39.8 Å². The quantitative estimate of drug-likeness (QED) is 0.787. The first-order valence-corrected chi connectivity index (χ1v) is 6.72. The van der Waals surface area contributed by atoms with E-state index in [1.165, 1.54) is 0 Å². The lowest BCUT2D eigenvalue weighted by Gasteiger charge is -2.32. The third-order valence-corrected chi connectivity index (χ3v) is 4.14. The number of nitrogens with zero attached hydrogens (tertiary/aromatic N) is 1. The van der Waals surface area contributed by atoms with Gasteiger partial charge in [0, 0.05) is 29.0 Å². The lowest BCUT2D eigenvalue weighted by Crippen LogP contribution is -2.41. The summed E-state index contributed by atoms with van der Waals surface area (Å²) in [5.41, 5.74) is 2.22. The minimum Gasteiger partial charge on any atom is -0.472 e. The second kappa shape index (κ2) is 4.47. The summed E-state index contributed by atoms with van der Waals surface area (Å²) >= 11 is 0. The van der Waals surface area contributed by atoms with Crippen molar-refractivity contribution in [2.45, 2.75) is 38.9 Å². The summed E-state index contributed by atoms with van der Waals surface area (Å²) < 4.78 is 17.2. The lowest BCUT2D eigenvalue weighted by atomic mass is 9.79. The van der Waals surface area contributed by atoms with E-state index in [1.54, 1.807) is 24.9 Å². The molecule has 1 fully saturated rings. The third kappa shape index (κ3) is 2.17. The van der Waals surface area contributed by atoms with Crippen molar-refractivity contribution < 1.29 is 13.7 Å². The molecule has 0 bridgehead atoms. The van der Waals surface area contributed by atoms with Gasteiger partial charge in [0.05, 0.1) is 23.7 Å². The van der Waals surface area contributed by atoms with Gasteiger partial charge in [-0.2, -0.15) is 0 Å². The Kier molecular flexibility index (Phi) is 2.99. The highest BCUT2D eigenvalue weighted by Gasteiger charge is 2.51. The Bertz CT molecular complexity index is 591. The predicted molar refractivity (Wildman–Crippen MR) is 77.7 cm³/mol. The molecule has 0 spiro atoms. The van der Waals surface area contributed by atoms with Gasteiger partial charge in [0.15, 0.2) is 0 Å². The van der Waals surface area contributed by atoms with Crippen molar-refractivity contribution >= 4 is 12.6 Å². The van der Waals surface area contributed by atoms with Gasteiger partial charge in [-0.3, -0.25) is 4.98 Å². The van der Waals surface area contributed by atoms with Crippen LogP contribution in [-0.2, 0) is 9.31 Å². The lowest BCUT2D eigenvalue weighted by molar-refractivity contribution is 0.00578. The fraction of sp³-hybridized carbons (Fsp3) is 0.400. The Morgan fingerprint density at radius 1 is 1.00 bits per heavy atom. The topological polar surface area (TPSA) is 44.5 Å². The number of rotatable bonds is 2. The van der Waals surface area contributed by atoms with E-state index >= 15 is 0 Å². The maximum Gasteiger partial charge on any atom is 0.496 e. The highest BCUT2D eigenvalue weighted by molar-refractivity contribution is 6.62. The van der Waals surface area contributed by atoms with E-state index in [0.29, 0.717) is 0 Å². The van der Waals surface area contributed by atoms with E-state index in [-0.39, 0.29) is 18.3 Å². The molecule has 20 heavy (non-hydrogen) atoms. The summed E-state index contributed by atoms with van der Waals surface area (Å²) in [7, 11) is -0.389. The molecule has 0 aromatic carbocycles. The molecule has 3 heterocycles. The van der Waals surface area contributed by atoms with Gasteiger partial charge in [0.1, 0.15) is 0 Å². The van der Waals surface area contributed by atoms with Gasteiger partial charge < -0.3 is 13.7 Å². The summed E-state index contributed by atoms with van der Waals surface area (Å²) in [5.74, 6) is 0. The Hall–Kier alpha value is -1.59. The fourth-order valence-corrected chi connectivity index (χ4v) is 2.15. The Labute approximate surface area is 119 Å². The van der Waals surface area contributed by atoms with Gasteiger partial charge >= 0.3 is 7.12 Å². The van der Waals surface area contributed by atoms with Gasteiger partial charge in [-0.25, -0.2) is 0 Å². The van der Waals surface area contributed by atoms with Crippen LogP contribution >= 0.6 is 0 Å². The minimum absolute atomic E-state index is 0.344. The molecule has 1 saturated heterocycles. The normalized spacial score (nSPS) is 20.3. The zero-order valence-electron chi connectivity index (χ0n) is 12.2. The van der Waals surface area contributed by atoms with Crippen LogP contribution in [-0.4, -0.2) is 23.3 Å². The predicted octanol–water partition coefficient (Wildman–Crippen LogP) is 2.64. The number of pyridine rings is 1. The fourth-order valence-electron chi connectivity index (χ4n) is 2.15. The second-order valence-corrected chi connectivity index (χ2v) is 6.11. The first-order chi connectivity index (χ1) is 9.39. The molecule has 0 saturated carbocycles. The van der Waals surface area contributed by atoms with E-state index in [0.717, 1.165) is 16.6 Å². The van der Waals surface area contributed by atoms with Crippen LogP contribution in [0.2, 0.25) is 0 Å². The molecular weight excluding hydrogens is 253 g/mol. The summed E-state index contributed by atoms with van der Waals surface area (Å²) in [6.07, 6.45) is 6.94. The highest BCUT2D eigenvalue weighted by Crippen LogP contribution is 2.36. The van der Waals surface area contributed by atoms with Gasteiger partial charge in [-0.1, -0.05) is 6.07 Å². The first kappa shape index (κ1) is 13.4. The number of hydrogen-bond donors (Lipinski definition) is 0. The smallest absolute Gasteiger partial charge is 0.472 e.